The van der Waals surface area contributed by atoms with Gasteiger partial charge in [-0.3, -0.25) is 4.79 Å². The number of halogens is 2. The van der Waals surface area contributed by atoms with E-state index in [1.165, 1.54) is 20.3 Å². The molecule has 2 aliphatic heterocycles. The molecule has 2 amide bonds. The quantitative estimate of drug-likeness (QED) is 0.286. The van der Waals surface area contributed by atoms with Crippen molar-refractivity contribution < 1.29 is 23.8 Å². The average molecular weight is 617 g/mol. The van der Waals surface area contributed by atoms with Crippen LogP contribution in [-0.2, 0) is 9.53 Å². The van der Waals surface area contributed by atoms with Gasteiger partial charge >= 0.3 is 6.03 Å². The number of aromatic nitrogens is 3. The Morgan fingerprint density at radius 2 is 1.83 bits per heavy atom. The van der Waals surface area contributed by atoms with E-state index in [0.717, 1.165) is 0 Å². The lowest BCUT2D eigenvalue weighted by atomic mass is 9.97. The summed E-state index contributed by atoms with van der Waals surface area (Å²) in [5.74, 6) is 1.36. The number of nitrogens with one attached hydrogen (secondary N) is 3. The fraction of sp³-hybridized carbons (Fsp3) is 0.393. The lowest BCUT2D eigenvalue weighted by Gasteiger charge is -2.28. The van der Waals surface area contributed by atoms with Gasteiger partial charge in [0, 0.05) is 55.7 Å². The number of methoxy groups -OCH3 is 2. The third-order valence-electron chi connectivity index (χ3n) is 7.32. The highest BCUT2D eigenvalue weighted by atomic mass is 35.5. The summed E-state index contributed by atoms with van der Waals surface area (Å²) in [6, 6.07) is 2.98. The van der Waals surface area contributed by atoms with Gasteiger partial charge in [0.2, 0.25) is 5.95 Å². The van der Waals surface area contributed by atoms with Gasteiger partial charge in [-0.05, 0) is 12.1 Å². The molecule has 222 valence electrons. The molecule has 14 heteroatoms. The van der Waals surface area contributed by atoms with Gasteiger partial charge in [-0.15, -0.1) is 0 Å². The van der Waals surface area contributed by atoms with Crippen molar-refractivity contribution in [3.8, 4) is 22.8 Å². The van der Waals surface area contributed by atoms with Gasteiger partial charge in [0.25, 0.3) is 0 Å². The number of hydrogen-bond acceptors (Lipinski definition) is 10. The van der Waals surface area contributed by atoms with Crippen LogP contribution in [0, 0.1) is 5.92 Å². The first-order valence-electron chi connectivity index (χ1n) is 13.3. The fourth-order valence-corrected chi connectivity index (χ4v) is 5.73. The molecule has 4 heterocycles. The summed E-state index contributed by atoms with van der Waals surface area (Å²) in [6.07, 6.45) is 3.22. The average Bonchev–Trinajstić information content (AvgIpc) is 3.36. The maximum Gasteiger partial charge on any atom is 0.317 e. The molecule has 2 aromatic heterocycles. The Kier molecular flexibility index (Phi) is 8.85. The van der Waals surface area contributed by atoms with Gasteiger partial charge in [-0.2, -0.15) is 0 Å². The second-order valence-electron chi connectivity index (χ2n) is 10.00. The number of benzene rings is 1. The summed E-state index contributed by atoms with van der Waals surface area (Å²) in [6.45, 7) is 5.42. The highest BCUT2D eigenvalue weighted by Gasteiger charge is 2.36. The number of hydrogen-bond donors (Lipinski definition) is 3. The van der Waals surface area contributed by atoms with Gasteiger partial charge in [0.1, 0.15) is 17.0 Å². The molecule has 12 nitrogen and oxygen atoms in total. The van der Waals surface area contributed by atoms with Crippen LogP contribution in [0.1, 0.15) is 6.42 Å². The second-order valence-corrected chi connectivity index (χ2v) is 10.8. The number of pyridine rings is 1. The van der Waals surface area contributed by atoms with Crippen LogP contribution in [0.4, 0.5) is 16.6 Å². The Labute approximate surface area is 252 Å². The highest BCUT2D eigenvalue weighted by Crippen LogP contribution is 2.46. The molecule has 1 aromatic carbocycles. The number of amides is 2. The number of allylic oxidation sites excluding steroid dienone is 1. The van der Waals surface area contributed by atoms with Gasteiger partial charge in [0.05, 0.1) is 55.3 Å². The normalized spacial score (nSPS) is 18.4. The van der Waals surface area contributed by atoms with E-state index in [-0.39, 0.29) is 46.3 Å². The van der Waals surface area contributed by atoms with Crippen molar-refractivity contribution in [2.24, 2.45) is 5.92 Å². The molecule has 3 N–H and O–H groups in total. The van der Waals surface area contributed by atoms with Crippen molar-refractivity contribution in [2.75, 3.05) is 58.2 Å². The number of likely N-dealkylation sites (tertiary alicyclic amines) is 1. The van der Waals surface area contributed by atoms with Crippen LogP contribution in [0.3, 0.4) is 0 Å². The SMILES string of the molecule is C=CC(=O)C[C@H]1CN(C(=O)NC)C[C@H]1Nc1ncc2cc(-c3c(Cl)c(OC)cc(OC)c3Cl)nc(NC3COC3)c2n1. The molecule has 0 unspecified atom stereocenters. The molecule has 42 heavy (non-hydrogen) atoms. The topological polar surface area (TPSA) is 140 Å². The number of carbonyl (C=O) groups excluding carboxylic acids is 2. The number of ether oxygens (including phenoxy) is 3. The fourth-order valence-electron chi connectivity index (χ4n) is 5.03. The molecule has 2 saturated heterocycles. The molecule has 0 bridgehead atoms. The summed E-state index contributed by atoms with van der Waals surface area (Å²) in [5, 5.41) is 10.6. The van der Waals surface area contributed by atoms with Crippen LogP contribution < -0.4 is 25.4 Å². The first kappa shape index (κ1) is 29.6. The van der Waals surface area contributed by atoms with Crippen LogP contribution in [0.5, 0.6) is 11.5 Å². The molecule has 0 saturated carbocycles. The van der Waals surface area contributed by atoms with Crippen molar-refractivity contribution in [3.05, 3.63) is 41.0 Å². The monoisotopic (exact) mass is 615 g/mol. The van der Waals surface area contributed by atoms with Gasteiger partial charge < -0.3 is 35.1 Å². The maximum absolute atomic E-state index is 12.3. The molecule has 0 spiro atoms. The molecule has 0 radical (unpaired) electrons. The Balaban J connectivity index is 1.54. The second kappa shape index (κ2) is 12.6. The van der Waals surface area contributed by atoms with Crippen molar-refractivity contribution >= 4 is 57.7 Å². The summed E-state index contributed by atoms with van der Waals surface area (Å²) in [4.78, 5) is 40.4. The summed E-state index contributed by atoms with van der Waals surface area (Å²) in [5.41, 5.74) is 1.48. The first-order chi connectivity index (χ1) is 20.3. The number of ketones is 1. The minimum absolute atomic E-state index is 0.0401. The largest absolute Gasteiger partial charge is 0.495 e. The molecule has 2 fully saturated rings. The molecule has 2 atom stereocenters. The van der Waals surface area contributed by atoms with E-state index >= 15 is 0 Å². The van der Waals surface area contributed by atoms with E-state index in [1.54, 1.807) is 30.3 Å². The Bertz CT molecular complexity index is 1510. The smallest absolute Gasteiger partial charge is 0.317 e. The summed E-state index contributed by atoms with van der Waals surface area (Å²) >= 11 is 13.4. The van der Waals surface area contributed by atoms with Crippen LogP contribution >= 0.6 is 23.2 Å². The predicted octanol–water partition coefficient (Wildman–Crippen LogP) is 4.02. The van der Waals surface area contributed by atoms with Crippen molar-refractivity contribution in [3.63, 3.8) is 0 Å². The van der Waals surface area contributed by atoms with Crippen LogP contribution in [0.2, 0.25) is 10.0 Å². The van der Waals surface area contributed by atoms with Crippen LogP contribution in [-0.4, -0.2) is 91.3 Å². The number of nitrogens with zero attached hydrogens (tertiary/aromatic N) is 4. The van der Waals surface area contributed by atoms with Gasteiger partial charge in [-0.1, -0.05) is 29.8 Å². The number of carbonyl (C=O) groups is 2. The third kappa shape index (κ3) is 5.87. The number of fused-ring (bicyclic) bond motifs is 1. The lowest BCUT2D eigenvalue weighted by Crippen LogP contribution is -2.40. The van der Waals surface area contributed by atoms with E-state index < -0.39 is 0 Å². The van der Waals surface area contributed by atoms with Crippen LogP contribution in [0.15, 0.2) is 31.0 Å². The molecule has 0 aliphatic carbocycles. The zero-order chi connectivity index (χ0) is 30.0. The highest BCUT2D eigenvalue weighted by molar-refractivity contribution is 6.41. The molecule has 2 aliphatic rings. The van der Waals surface area contributed by atoms with Gasteiger partial charge in [-0.25, -0.2) is 19.7 Å². The van der Waals surface area contributed by atoms with E-state index in [4.69, 9.17) is 47.4 Å². The van der Waals surface area contributed by atoms with Crippen LogP contribution in [0.25, 0.3) is 22.2 Å². The number of urea groups is 1. The predicted molar refractivity (Wildman–Crippen MR) is 161 cm³/mol. The Morgan fingerprint density at radius 3 is 2.43 bits per heavy atom. The van der Waals surface area contributed by atoms with Crippen molar-refractivity contribution in [1.82, 2.24) is 25.2 Å². The number of anilines is 2. The number of rotatable bonds is 10. The zero-order valence-corrected chi connectivity index (χ0v) is 24.9. The van der Waals surface area contributed by atoms with Crippen molar-refractivity contribution in [1.29, 1.82) is 0 Å². The standard InChI is InChI=1S/C28H31Cl2N7O5/c1-5-17(38)6-15-10-37(28(39)31-2)11-19(15)35-27-32-9-14-7-18(34-26(25(14)36-27)33-16-12-42-13-16)22-23(29)20(40-3)8-21(41-4)24(22)30/h5,7-9,15-16,19H,1,6,10-13H2,2-4H3,(H,31,39)(H,33,34)(H,32,35,36)/t15-,19+/m0/s1. The Hall–Kier alpha value is -3.87. The van der Waals surface area contributed by atoms with Gasteiger partial charge in [0.15, 0.2) is 11.6 Å². The molecule has 5 rings (SSSR count). The third-order valence-corrected chi connectivity index (χ3v) is 8.07. The Morgan fingerprint density at radius 1 is 1.12 bits per heavy atom. The van der Waals surface area contributed by atoms with Crippen molar-refractivity contribution in [2.45, 2.75) is 18.5 Å². The summed E-state index contributed by atoms with van der Waals surface area (Å²) in [7, 11) is 4.59. The minimum atomic E-state index is -0.255. The molecular formula is C28H31Cl2N7O5. The van der Waals surface area contributed by atoms with E-state index in [1.807, 2.05) is 0 Å². The minimum Gasteiger partial charge on any atom is -0.495 e. The lowest BCUT2D eigenvalue weighted by molar-refractivity contribution is -0.115. The van der Waals surface area contributed by atoms with E-state index in [2.05, 4.69) is 27.5 Å². The van der Waals surface area contributed by atoms with E-state index in [9.17, 15) is 9.59 Å². The first-order valence-corrected chi connectivity index (χ1v) is 14.0. The maximum atomic E-state index is 12.3. The summed E-state index contributed by atoms with van der Waals surface area (Å²) < 4.78 is 16.2. The zero-order valence-electron chi connectivity index (χ0n) is 23.4. The molecular weight excluding hydrogens is 585 g/mol. The molecule has 3 aromatic rings. The van der Waals surface area contributed by atoms with E-state index in [0.29, 0.717) is 71.7 Å².